The lowest BCUT2D eigenvalue weighted by atomic mass is 9.89. The lowest BCUT2D eigenvalue weighted by molar-refractivity contribution is 0.0205. The fourth-order valence-electron chi connectivity index (χ4n) is 1.76. The zero-order chi connectivity index (χ0) is 14.9. The zero-order valence-corrected chi connectivity index (χ0v) is 13.7. The summed E-state index contributed by atoms with van der Waals surface area (Å²) in [5.74, 6) is 0.838. The highest BCUT2D eigenvalue weighted by atomic mass is 16.5. The fourth-order valence-corrected chi connectivity index (χ4v) is 1.76. The van der Waals surface area contributed by atoms with Crippen molar-refractivity contribution in [3.63, 3.8) is 0 Å². The Morgan fingerprint density at radius 1 is 1.26 bits per heavy atom. The Bertz CT molecular complexity index is 259. The van der Waals surface area contributed by atoms with Crippen LogP contribution in [0.4, 0.5) is 0 Å². The first-order valence-corrected chi connectivity index (χ1v) is 6.93. The molecule has 0 aromatic heterocycles. The molecule has 0 bridgehead atoms. The first-order valence-electron chi connectivity index (χ1n) is 6.93. The summed E-state index contributed by atoms with van der Waals surface area (Å²) in [6.07, 6.45) is 1.26. The predicted octanol–water partition coefficient (Wildman–Crippen LogP) is 1.16. The van der Waals surface area contributed by atoms with Gasteiger partial charge in [-0.3, -0.25) is 4.99 Å². The number of methoxy groups -OCH3 is 1. The second-order valence-corrected chi connectivity index (χ2v) is 6.13. The average Bonchev–Trinajstić information content (AvgIpc) is 2.30. The van der Waals surface area contributed by atoms with Crippen LogP contribution in [-0.4, -0.2) is 64.9 Å². The average molecular weight is 272 g/mol. The summed E-state index contributed by atoms with van der Waals surface area (Å²) < 4.78 is 5.51. The minimum Gasteiger partial charge on any atom is -0.379 e. The van der Waals surface area contributed by atoms with Crippen LogP contribution in [0, 0.1) is 5.41 Å². The quantitative estimate of drug-likeness (QED) is 0.415. The number of rotatable bonds is 7. The van der Waals surface area contributed by atoms with E-state index in [1.54, 1.807) is 14.2 Å². The summed E-state index contributed by atoms with van der Waals surface area (Å²) in [7, 11) is 7.71. The fraction of sp³-hybridized carbons (Fsp3) is 0.929. The first kappa shape index (κ1) is 18.2. The van der Waals surface area contributed by atoms with Gasteiger partial charge in [0.2, 0.25) is 0 Å². The molecule has 0 aromatic rings. The first-order chi connectivity index (χ1) is 8.81. The van der Waals surface area contributed by atoms with E-state index in [1.165, 1.54) is 0 Å². The number of nitrogens with zero attached hydrogens (tertiary/aromatic N) is 2. The minimum atomic E-state index is 0.117. The number of aliphatic imine (C=N–C) groups is 1. The maximum atomic E-state index is 5.51. The molecule has 0 aliphatic carbocycles. The monoisotopic (exact) mass is 272 g/mol. The van der Waals surface area contributed by atoms with Crippen LogP contribution in [-0.2, 0) is 4.74 Å². The Morgan fingerprint density at radius 3 is 2.32 bits per heavy atom. The number of hydrogen-bond donors (Lipinski definition) is 2. The number of ether oxygens (including phenoxy) is 1. The SMILES string of the molecule is CN=C(NCCCN(C)C)NCC(OC)C(C)(C)C. The molecule has 0 radical (unpaired) electrons. The molecule has 5 nitrogen and oxygen atoms in total. The molecule has 0 aliphatic rings. The van der Waals surface area contributed by atoms with Crippen molar-refractivity contribution < 1.29 is 4.74 Å². The van der Waals surface area contributed by atoms with Gasteiger partial charge < -0.3 is 20.3 Å². The molecular formula is C14H32N4O. The molecule has 114 valence electrons. The van der Waals surface area contributed by atoms with E-state index in [4.69, 9.17) is 4.74 Å². The summed E-state index contributed by atoms with van der Waals surface area (Å²) in [5.41, 5.74) is 0.117. The van der Waals surface area contributed by atoms with Crippen LogP contribution >= 0.6 is 0 Å². The molecule has 0 spiro atoms. The van der Waals surface area contributed by atoms with Crippen LogP contribution in [0.25, 0.3) is 0 Å². The topological polar surface area (TPSA) is 48.9 Å². The Kier molecular flexibility index (Phi) is 8.76. The van der Waals surface area contributed by atoms with E-state index in [1.807, 2.05) is 0 Å². The summed E-state index contributed by atoms with van der Waals surface area (Å²) in [4.78, 5) is 6.40. The lowest BCUT2D eigenvalue weighted by Crippen LogP contribution is -2.45. The normalized spacial score (nSPS) is 14.6. The lowest BCUT2D eigenvalue weighted by Gasteiger charge is -2.30. The second kappa shape index (κ2) is 9.15. The van der Waals surface area contributed by atoms with Crippen LogP contribution in [0.2, 0.25) is 0 Å². The molecule has 0 rings (SSSR count). The molecule has 0 saturated heterocycles. The Morgan fingerprint density at radius 2 is 1.89 bits per heavy atom. The van der Waals surface area contributed by atoms with Crippen molar-refractivity contribution in [2.24, 2.45) is 10.4 Å². The molecule has 0 aromatic carbocycles. The van der Waals surface area contributed by atoms with E-state index < -0.39 is 0 Å². The molecule has 5 heteroatoms. The van der Waals surface area contributed by atoms with Crippen molar-refractivity contribution in [1.82, 2.24) is 15.5 Å². The second-order valence-electron chi connectivity index (χ2n) is 6.13. The summed E-state index contributed by atoms with van der Waals surface area (Å²) >= 11 is 0. The molecular weight excluding hydrogens is 240 g/mol. The highest BCUT2D eigenvalue weighted by molar-refractivity contribution is 5.79. The molecule has 0 saturated carbocycles. The highest BCUT2D eigenvalue weighted by Gasteiger charge is 2.24. The standard InChI is InChI=1S/C14H32N4O/c1-14(2,3)12(19-7)11-17-13(15-4)16-9-8-10-18(5)6/h12H,8-11H2,1-7H3,(H2,15,16,17). The molecule has 0 heterocycles. The van der Waals surface area contributed by atoms with Gasteiger partial charge in [0.05, 0.1) is 6.10 Å². The van der Waals surface area contributed by atoms with Gasteiger partial charge in [0.15, 0.2) is 5.96 Å². The third kappa shape index (κ3) is 8.83. The van der Waals surface area contributed by atoms with Gasteiger partial charge in [-0.25, -0.2) is 0 Å². The Labute approximate surface area is 118 Å². The summed E-state index contributed by atoms with van der Waals surface area (Å²) in [5, 5.41) is 6.63. The molecule has 2 N–H and O–H groups in total. The third-order valence-corrected chi connectivity index (χ3v) is 3.00. The summed E-state index contributed by atoms with van der Waals surface area (Å²) in [6.45, 7) is 9.29. The van der Waals surface area contributed by atoms with E-state index in [2.05, 4.69) is 55.4 Å². The van der Waals surface area contributed by atoms with Crippen molar-refractivity contribution >= 4 is 5.96 Å². The van der Waals surface area contributed by atoms with Crippen LogP contribution in [0.3, 0.4) is 0 Å². The Hall–Kier alpha value is -0.810. The van der Waals surface area contributed by atoms with Crippen molar-refractivity contribution in [3.8, 4) is 0 Å². The van der Waals surface area contributed by atoms with Gasteiger partial charge in [-0.15, -0.1) is 0 Å². The zero-order valence-electron chi connectivity index (χ0n) is 13.7. The van der Waals surface area contributed by atoms with Gasteiger partial charge >= 0.3 is 0 Å². The number of guanidine groups is 1. The van der Waals surface area contributed by atoms with E-state index >= 15 is 0 Å². The van der Waals surface area contributed by atoms with E-state index in [0.717, 1.165) is 32.0 Å². The minimum absolute atomic E-state index is 0.117. The molecule has 1 atom stereocenters. The number of hydrogen-bond acceptors (Lipinski definition) is 3. The Balaban J connectivity index is 4.00. The van der Waals surface area contributed by atoms with Gasteiger partial charge in [-0.2, -0.15) is 0 Å². The van der Waals surface area contributed by atoms with Gasteiger partial charge in [0, 0.05) is 27.2 Å². The van der Waals surface area contributed by atoms with Crippen molar-refractivity contribution in [3.05, 3.63) is 0 Å². The van der Waals surface area contributed by atoms with Crippen molar-refractivity contribution in [2.75, 3.05) is 47.9 Å². The number of nitrogens with one attached hydrogen (secondary N) is 2. The molecule has 0 amide bonds. The maximum absolute atomic E-state index is 5.51. The highest BCUT2D eigenvalue weighted by Crippen LogP contribution is 2.20. The van der Waals surface area contributed by atoms with Crippen molar-refractivity contribution in [1.29, 1.82) is 0 Å². The smallest absolute Gasteiger partial charge is 0.191 e. The van der Waals surface area contributed by atoms with Gasteiger partial charge in [0.1, 0.15) is 0 Å². The largest absolute Gasteiger partial charge is 0.379 e. The van der Waals surface area contributed by atoms with Gasteiger partial charge in [-0.05, 0) is 32.5 Å². The molecule has 0 aliphatic heterocycles. The van der Waals surface area contributed by atoms with E-state index in [-0.39, 0.29) is 11.5 Å². The van der Waals surface area contributed by atoms with Crippen LogP contribution < -0.4 is 10.6 Å². The predicted molar refractivity (Wildman–Crippen MR) is 82.8 cm³/mol. The third-order valence-electron chi connectivity index (χ3n) is 3.00. The molecule has 1 unspecified atom stereocenters. The van der Waals surface area contributed by atoms with Gasteiger partial charge in [0.25, 0.3) is 0 Å². The van der Waals surface area contributed by atoms with Crippen molar-refractivity contribution in [2.45, 2.75) is 33.3 Å². The van der Waals surface area contributed by atoms with E-state index in [0.29, 0.717) is 0 Å². The van der Waals surface area contributed by atoms with Gasteiger partial charge in [-0.1, -0.05) is 20.8 Å². The maximum Gasteiger partial charge on any atom is 0.191 e. The van der Waals surface area contributed by atoms with Crippen LogP contribution in [0.1, 0.15) is 27.2 Å². The van der Waals surface area contributed by atoms with Crippen LogP contribution in [0.15, 0.2) is 4.99 Å². The van der Waals surface area contributed by atoms with Crippen LogP contribution in [0.5, 0.6) is 0 Å². The summed E-state index contributed by atoms with van der Waals surface area (Å²) in [6, 6.07) is 0. The molecule has 19 heavy (non-hydrogen) atoms. The molecule has 0 fully saturated rings. The van der Waals surface area contributed by atoms with E-state index in [9.17, 15) is 0 Å².